The lowest BCUT2D eigenvalue weighted by molar-refractivity contribution is -0.120. The number of amides is 2. The zero-order valence-corrected chi connectivity index (χ0v) is 10.4. The van der Waals surface area contributed by atoms with E-state index in [2.05, 4.69) is 10.6 Å². The zero-order valence-electron chi connectivity index (χ0n) is 10.4. The Morgan fingerprint density at radius 3 is 2.72 bits per heavy atom. The van der Waals surface area contributed by atoms with E-state index in [1.807, 2.05) is 19.9 Å². The lowest BCUT2D eigenvalue weighted by atomic mass is 10.1. The van der Waals surface area contributed by atoms with Gasteiger partial charge in [0.2, 0.25) is 5.91 Å². The van der Waals surface area contributed by atoms with E-state index in [0.717, 1.165) is 0 Å². The summed E-state index contributed by atoms with van der Waals surface area (Å²) in [6.07, 6.45) is 0. The molecule has 18 heavy (non-hydrogen) atoms. The molecule has 0 aliphatic heterocycles. The number of benzene rings is 1. The fourth-order valence-corrected chi connectivity index (χ4v) is 1.37. The van der Waals surface area contributed by atoms with E-state index in [-0.39, 0.29) is 24.4 Å². The zero-order chi connectivity index (χ0) is 13.5. The molecule has 0 atom stereocenters. The van der Waals surface area contributed by atoms with Crippen molar-refractivity contribution in [3.8, 4) is 6.07 Å². The first-order valence-electron chi connectivity index (χ1n) is 5.60. The summed E-state index contributed by atoms with van der Waals surface area (Å²) in [6, 6.07) is 8.31. The minimum atomic E-state index is -0.369. The Hall–Kier alpha value is -2.35. The molecule has 0 saturated carbocycles. The third-order valence-electron chi connectivity index (χ3n) is 2.11. The summed E-state index contributed by atoms with van der Waals surface area (Å²) in [6.45, 7) is 3.61. The van der Waals surface area contributed by atoms with Gasteiger partial charge in [-0.05, 0) is 32.0 Å². The Bertz CT molecular complexity index is 489. The highest BCUT2D eigenvalue weighted by Gasteiger charge is 2.08. The van der Waals surface area contributed by atoms with Crippen LogP contribution in [0.25, 0.3) is 0 Å². The summed E-state index contributed by atoms with van der Waals surface area (Å²) in [5.41, 5.74) is 0.778. The van der Waals surface area contributed by atoms with Crippen LogP contribution in [-0.2, 0) is 4.79 Å². The van der Waals surface area contributed by atoms with Crippen LogP contribution >= 0.6 is 0 Å². The standard InChI is InChI=1S/C13H15N3O2/c1-9(2)16-12(17)8-15-13(18)11-5-3-4-10(6-11)7-14/h3-6,9H,8H2,1-2H3,(H,15,18)(H,16,17). The normalized spacial score (nSPS) is 9.67. The topological polar surface area (TPSA) is 82.0 Å². The second-order valence-electron chi connectivity index (χ2n) is 4.10. The molecule has 5 heteroatoms. The van der Waals surface area contributed by atoms with Crippen molar-refractivity contribution < 1.29 is 9.59 Å². The lowest BCUT2D eigenvalue weighted by Gasteiger charge is -2.09. The van der Waals surface area contributed by atoms with Crippen molar-refractivity contribution in [1.82, 2.24) is 10.6 Å². The molecule has 0 bridgehead atoms. The number of carbonyl (C=O) groups excluding carboxylic acids is 2. The van der Waals surface area contributed by atoms with Gasteiger partial charge in [0, 0.05) is 11.6 Å². The Morgan fingerprint density at radius 2 is 2.11 bits per heavy atom. The number of rotatable bonds is 4. The first kappa shape index (κ1) is 13.7. The molecule has 5 nitrogen and oxygen atoms in total. The van der Waals surface area contributed by atoms with Crippen LogP contribution in [0.3, 0.4) is 0 Å². The van der Waals surface area contributed by atoms with Gasteiger partial charge >= 0.3 is 0 Å². The predicted molar refractivity (Wildman–Crippen MR) is 66.8 cm³/mol. The molecule has 1 rings (SSSR count). The molecule has 2 N–H and O–H groups in total. The molecule has 0 aromatic heterocycles. The van der Waals surface area contributed by atoms with E-state index in [4.69, 9.17) is 5.26 Å². The first-order valence-corrected chi connectivity index (χ1v) is 5.60. The van der Waals surface area contributed by atoms with Gasteiger partial charge in [-0.15, -0.1) is 0 Å². The summed E-state index contributed by atoms with van der Waals surface area (Å²) in [4.78, 5) is 23.0. The van der Waals surface area contributed by atoms with Crippen molar-refractivity contribution in [2.75, 3.05) is 6.54 Å². The number of hydrogen-bond donors (Lipinski definition) is 2. The number of hydrogen-bond acceptors (Lipinski definition) is 3. The number of nitriles is 1. The minimum Gasteiger partial charge on any atom is -0.352 e. The number of nitrogens with zero attached hydrogens (tertiary/aromatic N) is 1. The fraction of sp³-hybridized carbons (Fsp3) is 0.308. The number of carbonyl (C=O) groups is 2. The highest BCUT2D eigenvalue weighted by atomic mass is 16.2. The van der Waals surface area contributed by atoms with Crippen LogP contribution in [-0.4, -0.2) is 24.4 Å². The van der Waals surface area contributed by atoms with E-state index >= 15 is 0 Å². The molecule has 0 spiro atoms. The average Bonchev–Trinajstić information content (AvgIpc) is 2.35. The Balaban J connectivity index is 2.55. The van der Waals surface area contributed by atoms with Gasteiger partial charge < -0.3 is 10.6 Å². The molecule has 1 aromatic rings. The van der Waals surface area contributed by atoms with Gasteiger partial charge in [-0.1, -0.05) is 6.07 Å². The van der Waals surface area contributed by atoms with Crippen LogP contribution < -0.4 is 10.6 Å². The average molecular weight is 245 g/mol. The van der Waals surface area contributed by atoms with Crippen molar-refractivity contribution in [2.24, 2.45) is 0 Å². The van der Waals surface area contributed by atoms with Gasteiger partial charge in [-0.2, -0.15) is 5.26 Å². The summed E-state index contributed by atoms with van der Waals surface area (Å²) >= 11 is 0. The van der Waals surface area contributed by atoms with E-state index < -0.39 is 0 Å². The van der Waals surface area contributed by atoms with Crippen LogP contribution in [0.4, 0.5) is 0 Å². The molecule has 0 aliphatic carbocycles. The molecular weight excluding hydrogens is 230 g/mol. The van der Waals surface area contributed by atoms with E-state index in [0.29, 0.717) is 11.1 Å². The van der Waals surface area contributed by atoms with E-state index in [9.17, 15) is 9.59 Å². The maximum Gasteiger partial charge on any atom is 0.251 e. The van der Waals surface area contributed by atoms with Crippen LogP contribution in [0.1, 0.15) is 29.8 Å². The molecule has 0 heterocycles. The largest absolute Gasteiger partial charge is 0.352 e. The van der Waals surface area contributed by atoms with Crippen LogP contribution in [0.15, 0.2) is 24.3 Å². The summed E-state index contributed by atoms with van der Waals surface area (Å²) < 4.78 is 0. The quantitative estimate of drug-likeness (QED) is 0.823. The van der Waals surface area contributed by atoms with Crippen LogP contribution in [0, 0.1) is 11.3 Å². The molecular formula is C13H15N3O2. The van der Waals surface area contributed by atoms with Crippen molar-refractivity contribution >= 4 is 11.8 Å². The second kappa shape index (κ2) is 6.40. The maximum absolute atomic E-state index is 11.7. The second-order valence-corrected chi connectivity index (χ2v) is 4.10. The fourth-order valence-electron chi connectivity index (χ4n) is 1.37. The summed E-state index contributed by atoms with van der Waals surface area (Å²) in [5, 5.41) is 13.9. The lowest BCUT2D eigenvalue weighted by Crippen LogP contribution is -2.39. The van der Waals surface area contributed by atoms with Crippen LogP contribution in [0.2, 0.25) is 0 Å². The molecule has 1 aromatic carbocycles. The highest BCUT2D eigenvalue weighted by Crippen LogP contribution is 2.03. The molecule has 0 radical (unpaired) electrons. The van der Waals surface area contributed by atoms with Gasteiger partial charge in [0.05, 0.1) is 18.2 Å². The molecule has 0 unspecified atom stereocenters. The highest BCUT2D eigenvalue weighted by molar-refractivity contribution is 5.96. The summed E-state index contributed by atoms with van der Waals surface area (Å²) in [7, 11) is 0. The van der Waals surface area contributed by atoms with Crippen molar-refractivity contribution in [3.05, 3.63) is 35.4 Å². The van der Waals surface area contributed by atoms with Gasteiger partial charge in [-0.25, -0.2) is 0 Å². The minimum absolute atomic E-state index is 0.0383. The van der Waals surface area contributed by atoms with Crippen molar-refractivity contribution in [3.63, 3.8) is 0 Å². The first-order chi connectivity index (χ1) is 8.52. The monoisotopic (exact) mass is 245 g/mol. The van der Waals surface area contributed by atoms with Gasteiger partial charge in [0.1, 0.15) is 0 Å². The molecule has 0 saturated heterocycles. The Kier molecular flexibility index (Phi) is 4.88. The third kappa shape index (κ3) is 4.26. The van der Waals surface area contributed by atoms with Crippen molar-refractivity contribution in [2.45, 2.75) is 19.9 Å². The SMILES string of the molecule is CC(C)NC(=O)CNC(=O)c1cccc(C#N)c1. The van der Waals surface area contributed by atoms with Crippen LogP contribution in [0.5, 0.6) is 0 Å². The third-order valence-corrected chi connectivity index (χ3v) is 2.11. The molecule has 0 fully saturated rings. The van der Waals surface area contributed by atoms with Gasteiger partial charge in [0.15, 0.2) is 0 Å². The Labute approximate surface area is 106 Å². The maximum atomic E-state index is 11.7. The predicted octanol–water partition coefficient (Wildman–Crippen LogP) is 0.813. The van der Waals surface area contributed by atoms with E-state index in [1.165, 1.54) is 6.07 Å². The van der Waals surface area contributed by atoms with Crippen molar-refractivity contribution in [1.29, 1.82) is 5.26 Å². The van der Waals surface area contributed by atoms with Gasteiger partial charge in [0.25, 0.3) is 5.91 Å². The number of nitrogens with one attached hydrogen (secondary N) is 2. The Morgan fingerprint density at radius 1 is 1.39 bits per heavy atom. The smallest absolute Gasteiger partial charge is 0.251 e. The molecule has 0 aliphatic rings. The van der Waals surface area contributed by atoms with Gasteiger partial charge in [-0.3, -0.25) is 9.59 Å². The van der Waals surface area contributed by atoms with E-state index in [1.54, 1.807) is 18.2 Å². The molecule has 2 amide bonds. The molecule has 94 valence electrons. The summed E-state index contributed by atoms with van der Waals surface area (Å²) in [5.74, 6) is -0.610.